The van der Waals surface area contributed by atoms with Crippen LogP contribution in [0, 0.1) is 17.6 Å². The summed E-state index contributed by atoms with van der Waals surface area (Å²) in [5.41, 5.74) is 0.955. The maximum Gasteiger partial charge on any atom is 0.225 e. The molecule has 1 aromatic carbocycles. The van der Waals surface area contributed by atoms with E-state index < -0.39 is 11.6 Å². The summed E-state index contributed by atoms with van der Waals surface area (Å²) < 4.78 is 40.0. The number of methoxy groups -OCH3 is 1. The van der Waals surface area contributed by atoms with Gasteiger partial charge in [-0.15, -0.1) is 0 Å². The molecule has 0 saturated carbocycles. The van der Waals surface area contributed by atoms with E-state index in [2.05, 4.69) is 25.1 Å². The number of nitrogens with zero attached hydrogens (tertiary/aromatic N) is 4. The number of anilines is 1. The molecular formula is C25H31F2N5O2. The number of rotatable bonds is 9. The minimum absolute atomic E-state index is 0.136. The topological polar surface area (TPSA) is 76.2 Å². The van der Waals surface area contributed by atoms with Crippen LogP contribution in [0.4, 0.5) is 14.7 Å². The fourth-order valence-corrected chi connectivity index (χ4v) is 4.20. The number of aromatic amines is 1. The van der Waals surface area contributed by atoms with E-state index in [1.54, 1.807) is 25.6 Å². The predicted octanol–water partition coefficient (Wildman–Crippen LogP) is 5.35. The van der Waals surface area contributed by atoms with Gasteiger partial charge in [0.2, 0.25) is 5.95 Å². The van der Waals surface area contributed by atoms with Crippen LogP contribution < -0.4 is 14.4 Å². The lowest BCUT2D eigenvalue weighted by atomic mass is 9.92. The molecule has 1 N–H and O–H groups in total. The van der Waals surface area contributed by atoms with Crippen LogP contribution >= 0.6 is 0 Å². The highest BCUT2D eigenvalue weighted by Crippen LogP contribution is 2.30. The smallest absolute Gasteiger partial charge is 0.225 e. The van der Waals surface area contributed by atoms with E-state index in [1.165, 1.54) is 12.1 Å². The van der Waals surface area contributed by atoms with Gasteiger partial charge >= 0.3 is 0 Å². The van der Waals surface area contributed by atoms with Crippen molar-refractivity contribution in [2.45, 2.75) is 45.4 Å². The molecule has 4 rings (SSSR count). The van der Waals surface area contributed by atoms with Gasteiger partial charge in [-0.2, -0.15) is 5.10 Å². The maximum atomic E-state index is 14.6. The van der Waals surface area contributed by atoms with Crippen molar-refractivity contribution in [3.05, 3.63) is 47.9 Å². The number of halogens is 2. The zero-order chi connectivity index (χ0) is 24.1. The molecule has 1 aliphatic rings. The standard InChI is InChI=1S/C25H31F2N5O2/c1-16(2)22-13-23(31-30-22)24-20(26)11-18(12-21(24)27)34-10-4-5-17-6-8-32(9-7-17)25-28-14-19(33-3)15-29-25/h11-17H,4-10H2,1-3H3,(H,30,31). The van der Waals surface area contributed by atoms with E-state index in [4.69, 9.17) is 9.47 Å². The molecule has 9 heteroatoms. The summed E-state index contributed by atoms with van der Waals surface area (Å²) in [5.74, 6) is 1.00. The van der Waals surface area contributed by atoms with Gasteiger partial charge < -0.3 is 14.4 Å². The van der Waals surface area contributed by atoms with Gasteiger partial charge in [0, 0.05) is 30.9 Å². The summed E-state index contributed by atoms with van der Waals surface area (Å²) in [4.78, 5) is 10.9. The summed E-state index contributed by atoms with van der Waals surface area (Å²) in [7, 11) is 1.60. The maximum absolute atomic E-state index is 14.6. The zero-order valence-corrected chi connectivity index (χ0v) is 19.9. The fourth-order valence-electron chi connectivity index (χ4n) is 4.20. The number of ether oxygens (including phenoxy) is 2. The number of hydrogen-bond acceptors (Lipinski definition) is 6. The molecule has 7 nitrogen and oxygen atoms in total. The first-order valence-corrected chi connectivity index (χ1v) is 11.7. The molecular weight excluding hydrogens is 440 g/mol. The monoisotopic (exact) mass is 471 g/mol. The number of H-pyrrole nitrogens is 1. The lowest BCUT2D eigenvalue weighted by Gasteiger charge is -2.32. The predicted molar refractivity (Wildman–Crippen MR) is 126 cm³/mol. The first-order chi connectivity index (χ1) is 16.4. The molecule has 1 fully saturated rings. The van der Waals surface area contributed by atoms with Gasteiger partial charge in [-0.1, -0.05) is 13.8 Å². The second kappa shape index (κ2) is 10.8. The average molecular weight is 472 g/mol. The minimum Gasteiger partial charge on any atom is -0.494 e. The van der Waals surface area contributed by atoms with Gasteiger partial charge in [-0.3, -0.25) is 5.10 Å². The molecule has 0 bridgehead atoms. The Balaban J connectivity index is 1.23. The number of piperidine rings is 1. The van der Waals surface area contributed by atoms with Crippen molar-refractivity contribution in [1.82, 2.24) is 20.2 Å². The number of nitrogens with one attached hydrogen (secondary N) is 1. The fraction of sp³-hybridized carbons (Fsp3) is 0.480. The van der Waals surface area contributed by atoms with Crippen LogP contribution in [0.3, 0.4) is 0 Å². The Kier molecular flexibility index (Phi) is 7.59. The van der Waals surface area contributed by atoms with E-state index in [0.29, 0.717) is 18.3 Å². The number of benzene rings is 1. The van der Waals surface area contributed by atoms with E-state index in [-0.39, 0.29) is 22.9 Å². The van der Waals surface area contributed by atoms with Crippen LogP contribution in [0.15, 0.2) is 30.6 Å². The molecule has 0 atom stereocenters. The van der Waals surface area contributed by atoms with Crippen LogP contribution in [-0.2, 0) is 0 Å². The SMILES string of the molecule is COc1cnc(N2CCC(CCCOc3cc(F)c(-c4cc(C(C)C)[nH]n4)c(F)c3)CC2)nc1. The summed E-state index contributed by atoms with van der Waals surface area (Å²) in [6, 6.07) is 4.14. The quantitative estimate of drug-likeness (QED) is 0.424. The molecule has 0 unspecified atom stereocenters. The minimum atomic E-state index is -0.676. The summed E-state index contributed by atoms with van der Waals surface area (Å²) in [5, 5.41) is 6.89. The largest absolute Gasteiger partial charge is 0.494 e. The van der Waals surface area contributed by atoms with Crippen molar-refractivity contribution in [1.29, 1.82) is 0 Å². The molecule has 0 amide bonds. The average Bonchev–Trinajstić information content (AvgIpc) is 3.32. The second-order valence-corrected chi connectivity index (χ2v) is 8.97. The third-order valence-corrected chi connectivity index (χ3v) is 6.26. The number of hydrogen-bond donors (Lipinski definition) is 1. The molecule has 1 aliphatic heterocycles. The molecule has 3 heterocycles. The third-order valence-electron chi connectivity index (χ3n) is 6.26. The first kappa shape index (κ1) is 23.9. The van der Waals surface area contributed by atoms with Gasteiger partial charge in [0.1, 0.15) is 17.4 Å². The van der Waals surface area contributed by atoms with E-state index in [9.17, 15) is 8.78 Å². The van der Waals surface area contributed by atoms with Crippen molar-refractivity contribution in [2.75, 3.05) is 31.7 Å². The first-order valence-electron chi connectivity index (χ1n) is 11.7. The Hall–Kier alpha value is -3.23. The molecule has 0 spiro atoms. The lowest BCUT2D eigenvalue weighted by Crippen LogP contribution is -2.34. The summed E-state index contributed by atoms with van der Waals surface area (Å²) in [6.07, 6.45) is 7.30. The molecule has 1 saturated heterocycles. The van der Waals surface area contributed by atoms with Crippen LogP contribution in [-0.4, -0.2) is 47.0 Å². The van der Waals surface area contributed by atoms with E-state index in [1.807, 2.05) is 13.8 Å². The Bertz CT molecular complexity index is 1060. The molecule has 0 aliphatic carbocycles. The molecule has 0 radical (unpaired) electrons. The lowest BCUT2D eigenvalue weighted by molar-refractivity contribution is 0.277. The van der Waals surface area contributed by atoms with Crippen LogP contribution in [0.25, 0.3) is 11.3 Å². The molecule has 34 heavy (non-hydrogen) atoms. The van der Waals surface area contributed by atoms with Gasteiger partial charge in [0.05, 0.1) is 37.4 Å². The van der Waals surface area contributed by atoms with Gasteiger partial charge in [-0.05, 0) is 43.6 Å². The highest BCUT2D eigenvalue weighted by Gasteiger charge is 2.21. The van der Waals surface area contributed by atoms with Crippen molar-refractivity contribution in [3.63, 3.8) is 0 Å². The second-order valence-electron chi connectivity index (χ2n) is 8.97. The molecule has 2 aromatic heterocycles. The van der Waals surface area contributed by atoms with Gasteiger partial charge in [0.15, 0.2) is 5.75 Å². The normalized spacial score (nSPS) is 14.6. The van der Waals surface area contributed by atoms with E-state index in [0.717, 1.165) is 50.4 Å². The Morgan fingerprint density at radius 3 is 2.32 bits per heavy atom. The Morgan fingerprint density at radius 1 is 1.06 bits per heavy atom. The van der Waals surface area contributed by atoms with E-state index >= 15 is 0 Å². The third kappa shape index (κ3) is 5.63. The zero-order valence-electron chi connectivity index (χ0n) is 19.9. The van der Waals surface area contributed by atoms with Crippen molar-refractivity contribution in [2.24, 2.45) is 5.92 Å². The van der Waals surface area contributed by atoms with Crippen LogP contribution in [0.1, 0.15) is 51.1 Å². The van der Waals surface area contributed by atoms with Crippen molar-refractivity contribution in [3.8, 4) is 22.8 Å². The van der Waals surface area contributed by atoms with Crippen LogP contribution in [0.5, 0.6) is 11.5 Å². The Labute approximate surface area is 198 Å². The van der Waals surface area contributed by atoms with Crippen molar-refractivity contribution < 1.29 is 18.3 Å². The van der Waals surface area contributed by atoms with Crippen molar-refractivity contribution >= 4 is 5.95 Å². The highest BCUT2D eigenvalue weighted by atomic mass is 19.1. The van der Waals surface area contributed by atoms with Gasteiger partial charge in [-0.25, -0.2) is 18.7 Å². The summed E-state index contributed by atoms with van der Waals surface area (Å²) in [6.45, 7) is 6.20. The molecule has 3 aromatic rings. The highest BCUT2D eigenvalue weighted by molar-refractivity contribution is 5.62. The van der Waals surface area contributed by atoms with Gasteiger partial charge in [0.25, 0.3) is 0 Å². The Morgan fingerprint density at radius 2 is 1.74 bits per heavy atom. The number of aromatic nitrogens is 4. The van der Waals surface area contributed by atoms with Crippen LogP contribution in [0.2, 0.25) is 0 Å². The summed E-state index contributed by atoms with van der Waals surface area (Å²) >= 11 is 0. The molecule has 182 valence electrons.